The standard InChI is InChI=1S/C14H15ClN4O2S/c15-11-3-1-10(2-4-11)13-16-14(18-17-13)22-9-12(20)19-5-7-21-8-6-19/h1-4H,5-9H2,(H,16,17,18). The van der Waals surface area contributed by atoms with Crippen molar-refractivity contribution < 1.29 is 9.53 Å². The number of nitrogens with zero attached hydrogens (tertiary/aromatic N) is 3. The number of hydrogen-bond acceptors (Lipinski definition) is 5. The van der Waals surface area contributed by atoms with Crippen molar-refractivity contribution in [1.29, 1.82) is 0 Å². The Balaban J connectivity index is 1.57. The normalized spacial score (nSPS) is 15.0. The molecule has 0 unspecified atom stereocenters. The van der Waals surface area contributed by atoms with E-state index < -0.39 is 0 Å². The molecule has 1 aromatic heterocycles. The van der Waals surface area contributed by atoms with E-state index in [9.17, 15) is 4.79 Å². The van der Waals surface area contributed by atoms with Crippen LogP contribution in [0.3, 0.4) is 0 Å². The third-order valence-electron chi connectivity index (χ3n) is 3.27. The van der Waals surface area contributed by atoms with Crippen LogP contribution in [0.5, 0.6) is 0 Å². The van der Waals surface area contributed by atoms with Crippen molar-refractivity contribution in [3.8, 4) is 11.4 Å². The Morgan fingerprint density at radius 1 is 1.32 bits per heavy atom. The average molecular weight is 339 g/mol. The molecule has 0 saturated carbocycles. The van der Waals surface area contributed by atoms with Gasteiger partial charge in [0.25, 0.3) is 0 Å². The molecular formula is C14H15ClN4O2S. The third-order valence-corrected chi connectivity index (χ3v) is 4.36. The highest BCUT2D eigenvalue weighted by Crippen LogP contribution is 2.21. The van der Waals surface area contributed by atoms with E-state index in [0.29, 0.717) is 48.1 Å². The number of rotatable bonds is 4. The smallest absolute Gasteiger partial charge is 0.233 e. The van der Waals surface area contributed by atoms with Crippen LogP contribution in [0, 0.1) is 0 Å². The van der Waals surface area contributed by atoms with Crippen LogP contribution in [0.4, 0.5) is 0 Å². The first kappa shape index (κ1) is 15.3. The van der Waals surface area contributed by atoms with Gasteiger partial charge in [-0.05, 0) is 24.3 Å². The minimum atomic E-state index is 0.0890. The predicted octanol–water partition coefficient (Wildman–Crippen LogP) is 2.08. The van der Waals surface area contributed by atoms with Crippen molar-refractivity contribution in [1.82, 2.24) is 20.1 Å². The van der Waals surface area contributed by atoms with Crippen molar-refractivity contribution in [2.45, 2.75) is 5.16 Å². The Morgan fingerprint density at radius 2 is 2.05 bits per heavy atom. The molecule has 8 heteroatoms. The van der Waals surface area contributed by atoms with Crippen LogP contribution in [0.1, 0.15) is 0 Å². The van der Waals surface area contributed by atoms with Crippen molar-refractivity contribution in [3.05, 3.63) is 29.3 Å². The molecule has 1 fully saturated rings. The summed E-state index contributed by atoms with van der Waals surface area (Å²) < 4.78 is 5.23. The van der Waals surface area contributed by atoms with Gasteiger partial charge in [-0.25, -0.2) is 4.98 Å². The van der Waals surface area contributed by atoms with Gasteiger partial charge in [0, 0.05) is 23.7 Å². The zero-order valence-electron chi connectivity index (χ0n) is 11.8. The maximum atomic E-state index is 12.1. The first-order chi connectivity index (χ1) is 10.7. The molecule has 1 aliphatic rings. The molecular weight excluding hydrogens is 324 g/mol. The van der Waals surface area contributed by atoms with Crippen LogP contribution in [0.2, 0.25) is 5.02 Å². The summed E-state index contributed by atoms with van der Waals surface area (Å²) >= 11 is 7.19. The number of morpholine rings is 1. The molecule has 1 amide bonds. The van der Waals surface area contributed by atoms with Crippen molar-refractivity contribution in [2.24, 2.45) is 0 Å². The number of carbonyl (C=O) groups excluding carboxylic acids is 1. The first-order valence-corrected chi connectivity index (χ1v) is 8.25. The fraction of sp³-hybridized carbons (Fsp3) is 0.357. The second kappa shape index (κ2) is 7.13. The largest absolute Gasteiger partial charge is 0.378 e. The SMILES string of the molecule is O=C(CSc1n[nH]c(-c2ccc(Cl)cc2)n1)N1CCOCC1. The van der Waals surface area contributed by atoms with Gasteiger partial charge < -0.3 is 9.64 Å². The minimum Gasteiger partial charge on any atom is -0.378 e. The Labute approximate surface area is 137 Å². The van der Waals surface area contributed by atoms with Crippen molar-refractivity contribution in [2.75, 3.05) is 32.1 Å². The minimum absolute atomic E-state index is 0.0890. The Kier molecular flexibility index (Phi) is 4.97. The van der Waals surface area contributed by atoms with Gasteiger partial charge in [-0.2, -0.15) is 0 Å². The van der Waals surface area contributed by atoms with Crippen molar-refractivity contribution in [3.63, 3.8) is 0 Å². The maximum absolute atomic E-state index is 12.1. The topological polar surface area (TPSA) is 71.1 Å². The molecule has 22 heavy (non-hydrogen) atoms. The lowest BCUT2D eigenvalue weighted by atomic mass is 10.2. The molecule has 0 aliphatic carbocycles. The second-order valence-corrected chi connectivity index (χ2v) is 6.13. The third kappa shape index (κ3) is 3.79. The van der Waals surface area contributed by atoms with E-state index in [2.05, 4.69) is 15.2 Å². The lowest BCUT2D eigenvalue weighted by Gasteiger charge is -2.26. The average Bonchev–Trinajstić information content (AvgIpc) is 3.03. The number of nitrogens with one attached hydrogen (secondary N) is 1. The molecule has 2 heterocycles. The molecule has 3 rings (SSSR count). The molecule has 2 aromatic rings. The summed E-state index contributed by atoms with van der Waals surface area (Å²) in [5, 5.41) is 8.24. The zero-order chi connectivity index (χ0) is 15.4. The summed E-state index contributed by atoms with van der Waals surface area (Å²) in [5.41, 5.74) is 0.906. The van der Waals surface area contributed by atoms with E-state index in [0.717, 1.165) is 5.56 Å². The van der Waals surface area contributed by atoms with Gasteiger partial charge in [-0.1, -0.05) is 23.4 Å². The lowest BCUT2D eigenvalue weighted by molar-refractivity contribution is -0.132. The monoisotopic (exact) mass is 338 g/mol. The predicted molar refractivity (Wildman–Crippen MR) is 85.0 cm³/mol. The number of aromatic amines is 1. The molecule has 0 radical (unpaired) electrons. The van der Waals surface area contributed by atoms with Gasteiger partial charge >= 0.3 is 0 Å². The molecule has 6 nitrogen and oxygen atoms in total. The zero-order valence-corrected chi connectivity index (χ0v) is 13.4. The molecule has 116 valence electrons. The number of benzene rings is 1. The van der Waals surface area contributed by atoms with Crippen LogP contribution in [-0.4, -0.2) is 58.0 Å². The number of aromatic nitrogens is 3. The number of thioether (sulfide) groups is 1. The molecule has 0 bridgehead atoms. The van der Waals surface area contributed by atoms with Crippen LogP contribution >= 0.6 is 23.4 Å². The Hall–Kier alpha value is -1.57. The molecule has 1 aromatic carbocycles. The summed E-state index contributed by atoms with van der Waals surface area (Å²) in [7, 11) is 0. The first-order valence-electron chi connectivity index (χ1n) is 6.89. The highest BCUT2D eigenvalue weighted by Gasteiger charge is 2.17. The van der Waals surface area contributed by atoms with E-state index in [1.54, 1.807) is 12.1 Å². The molecule has 1 N–H and O–H groups in total. The number of H-pyrrole nitrogens is 1. The van der Waals surface area contributed by atoms with Gasteiger partial charge in [-0.15, -0.1) is 5.10 Å². The molecule has 1 aliphatic heterocycles. The van der Waals surface area contributed by atoms with Crippen LogP contribution in [0.15, 0.2) is 29.4 Å². The van der Waals surface area contributed by atoms with Gasteiger partial charge in [-0.3, -0.25) is 9.89 Å². The number of hydrogen-bond donors (Lipinski definition) is 1. The number of halogens is 1. The maximum Gasteiger partial charge on any atom is 0.233 e. The fourth-order valence-corrected chi connectivity index (χ4v) is 2.91. The second-order valence-electron chi connectivity index (χ2n) is 4.76. The van der Waals surface area contributed by atoms with Gasteiger partial charge in [0.15, 0.2) is 5.82 Å². The molecule has 0 spiro atoms. The van der Waals surface area contributed by atoms with E-state index >= 15 is 0 Å². The summed E-state index contributed by atoms with van der Waals surface area (Å²) in [5.74, 6) is 1.09. The van der Waals surface area contributed by atoms with Crippen LogP contribution in [0.25, 0.3) is 11.4 Å². The highest BCUT2D eigenvalue weighted by atomic mass is 35.5. The quantitative estimate of drug-likeness (QED) is 0.864. The van der Waals surface area contributed by atoms with E-state index in [1.807, 2.05) is 17.0 Å². The lowest BCUT2D eigenvalue weighted by Crippen LogP contribution is -2.41. The molecule has 1 saturated heterocycles. The fourth-order valence-electron chi connectivity index (χ4n) is 2.08. The van der Waals surface area contributed by atoms with E-state index in [1.165, 1.54) is 11.8 Å². The van der Waals surface area contributed by atoms with Gasteiger partial charge in [0.05, 0.1) is 19.0 Å². The van der Waals surface area contributed by atoms with Gasteiger partial charge in [0.1, 0.15) is 0 Å². The highest BCUT2D eigenvalue weighted by molar-refractivity contribution is 7.99. The number of carbonyl (C=O) groups is 1. The van der Waals surface area contributed by atoms with Crippen LogP contribution < -0.4 is 0 Å². The summed E-state index contributed by atoms with van der Waals surface area (Å²) in [6.07, 6.45) is 0. The summed E-state index contributed by atoms with van der Waals surface area (Å²) in [6.45, 7) is 2.53. The van der Waals surface area contributed by atoms with Crippen LogP contribution in [-0.2, 0) is 9.53 Å². The van der Waals surface area contributed by atoms with Crippen molar-refractivity contribution >= 4 is 29.3 Å². The number of amides is 1. The number of ether oxygens (including phenoxy) is 1. The van der Waals surface area contributed by atoms with Gasteiger partial charge in [0.2, 0.25) is 11.1 Å². The van der Waals surface area contributed by atoms with E-state index in [4.69, 9.17) is 16.3 Å². The Bertz CT molecular complexity index is 641. The molecule has 0 atom stereocenters. The summed E-state index contributed by atoms with van der Waals surface area (Å²) in [4.78, 5) is 18.2. The summed E-state index contributed by atoms with van der Waals surface area (Å²) in [6, 6.07) is 7.34. The van der Waals surface area contributed by atoms with E-state index in [-0.39, 0.29) is 5.91 Å². The Morgan fingerprint density at radius 3 is 2.77 bits per heavy atom.